The SMILES string of the molecule is CC.CC.CN=C/C(=C\N)c1cc2c(cn1)N(C)CCC2. The fraction of sp³-hybridized carbons (Fsp3) is 0.529. The van der Waals surface area contributed by atoms with Crippen molar-refractivity contribution in [1.29, 1.82) is 0 Å². The lowest BCUT2D eigenvalue weighted by Gasteiger charge is -2.27. The van der Waals surface area contributed by atoms with Crippen molar-refractivity contribution >= 4 is 17.5 Å². The number of anilines is 1. The third kappa shape index (κ3) is 5.21. The highest BCUT2D eigenvalue weighted by molar-refractivity contribution is 6.08. The molecule has 0 amide bonds. The fourth-order valence-electron chi connectivity index (χ4n) is 2.15. The molecule has 0 aromatic carbocycles. The molecule has 118 valence electrons. The molecule has 4 nitrogen and oxygen atoms in total. The molecule has 1 aliphatic rings. The number of aryl methyl sites for hydroxylation is 1. The summed E-state index contributed by atoms with van der Waals surface area (Å²) >= 11 is 0. The van der Waals surface area contributed by atoms with E-state index in [1.807, 2.05) is 33.9 Å². The summed E-state index contributed by atoms with van der Waals surface area (Å²) in [6.45, 7) is 9.10. The fourth-order valence-corrected chi connectivity index (χ4v) is 2.15. The Kier molecular flexibility index (Phi) is 9.94. The van der Waals surface area contributed by atoms with Gasteiger partial charge in [0, 0.05) is 38.6 Å². The number of nitrogens with two attached hydrogens (primary N) is 1. The summed E-state index contributed by atoms with van der Waals surface area (Å²) in [6, 6.07) is 2.12. The molecule has 0 radical (unpaired) electrons. The number of nitrogens with zero attached hydrogens (tertiary/aromatic N) is 3. The van der Waals surface area contributed by atoms with Gasteiger partial charge in [0.05, 0.1) is 17.6 Å². The second-order valence-corrected chi connectivity index (χ2v) is 4.23. The van der Waals surface area contributed by atoms with Gasteiger partial charge in [-0.3, -0.25) is 9.98 Å². The maximum absolute atomic E-state index is 5.59. The number of hydrogen-bond acceptors (Lipinski definition) is 4. The van der Waals surface area contributed by atoms with E-state index >= 15 is 0 Å². The summed E-state index contributed by atoms with van der Waals surface area (Å²) in [5.74, 6) is 0. The van der Waals surface area contributed by atoms with E-state index in [1.54, 1.807) is 19.5 Å². The van der Waals surface area contributed by atoms with Gasteiger partial charge in [0.1, 0.15) is 0 Å². The van der Waals surface area contributed by atoms with Gasteiger partial charge >= 0.3 is 0 Å². The average molecular weight is 290 g/mol. The zero-order valence-electron chi connectivity index (χ0n) is 14.3. The molecule has 0 unspecified atom stereocenters. The van der Waals surface area contributed by atoms with Gasteiger partial charge < -0.3 is 10.6 Å². The van der Waals surface area contributed by atoms with Crippen molar-refractivity contribution in [3.05, 3.63) is 29.7 Å². The van der Waals surface area contributed by atoms with Crippen LogP contribution in [0.3, 0.4) is 0 Å². The minimum atomic E-state index is 0.864. The van der Waals surface area contributed by atoms with Crippen LogP contribution in [0.2, 0.25) is 0 Å². The quantitative estimate of drug-likeness (QED) is 0.848. The largest absolute Gasteiger partial charge is 0.404 e. The Labute approximate surface area is 129 Å². The molecule has 0 spiro atoms. The molecule has 1 aliphatic heterocycles. The first-order chi connectivity index (χ1) is 10.3. The van der Waals surface area contributed by atoms with Crippen molar-refractivity contribution in [3.63, 3.8) is 0 Å². The Morgan fingerprint density at radius 3 is 2.57 bits per heavy atom. The highest BCUT2D eigenvalue weighted by Crippen LogP contribution is 2.26. The lowest BCUT2D eigenvalue weighted by molar-refractivity contribution is 0.741. The average Bonchev–Trinajstić information content (AvgIpc) is 2.56. The van der Waals surface area contributed by atoms with Crippen molar-refractivity contribution in [3.8, 4) is 0 Å². The highest BCUT2D eigenvalue weighted by Gasteiger charge is 2.15. The second kappa shape index (κ2) is 10.9. The van der Waals surface area contributed by atoms with Gasteiger partial charge in [0.15, 0.2) is 0 Å². The standard InChI is InChI=1S/C13H18N4.2C2H6/c1-15-8-11(7-14)12-6-10-4-3-5-17(2)13(10)9-16-12;2*1-2/h6-9H,3-5,14H2,1-2H3;2*1-2H3/b11-7+,15-8?;;. The number of hydrogen-bond donors (Lipinski definition) is 1. The maximum Gasteiger partial charge on any atom is 0.0736 e. The van der Waals surface area contributed by atoms with Crippen LogP contribution in [0.15, 0.2) is 23.5 Å². The normalized spacial score (nSPS) is 13.8. The molecule has 21 heavy (non-hydrogen) atoms. The van der Waals surface area contributed by atoms with E-state index in [0.717, 1.165) is 24.2 Å². The molecule has 4 heteroatoms. The second-order valence-electron chi connectivity index (χ2n) is 4.23. The first-order valence-electron chi connectivity index (χ1n) is 7.80. The van der Waals surface area contributed by atoms with Crippen LogP contribution in [0.5, 0.6) is 0 Å². The first-order valence-corrected chi connectivity index (χ1v) is 7.80. The van der Waals surface area contributed by atoms with Crippen molar-refractivity contribution in [2.24, 2.45) is 10.7 Å². The third-order valence-electron chi connectivity index (χ3n) is 3.06. The van der Waals surface area contributed by atoms with Crippen molar-refractivity contribution in [1.82, 2.24) is 4.98 Å². The molecule has 2 heterocycles. The Morgan fingerprint density at radius 2 is 2.00 bits per heavy atom. The Balaban J connectivity index is 0.000000921. The van der Waals surface area contributed by atoms with E-state index < -0.39 is 0 Å². The predicted molar refractivity (Wildman–Crippen MR) is 95.1 cm³/mol. The minimum absolute atomic E-state index is 0.864. The lowest BCUT2D eigenvalue weighted by atomic mass is 10.0. The molecule has 0 bridgehead atoms. The summed E-state index contributed by atoms with van der Waals surface area (Å²) in [6.07, 6.45) is 7.51. The highest BCUT2D eigenvalue weighted by atomic mass is 15.1. The van der Waals surface area contributed by atoms with E-state index in [-0.39, 0.29) is 0 Å². The smallest absolute Gasteiger partial charge is 0.0736 e. The molecular weight excluding hydrogens is 260 g/mol. The van der Waals surface area contributed by atoms with Crippen LogP contribution in [0.4, 0.5) is 5.69 Å². The number of aliphatic imine (C=N–C) groups is 1. The topological polar surface area (TPSA) is 54.5 Å². The molecule has 2 N–H and O–H groups in total. The molecule has 0 aliphatic carbocycles. The van der Waals surface area contributed by atoms with Crippen LogP contribution in [0, 0.1) is 0 Å². The number of aromatic nitrogens is 1. The van der Waals surface area contributed by atoms with Gasteiger partial charge in [-0.25, -0.2) is 0 Å². The number of pyridine rings is 1. The van der Waals surface area contributed by atoms with Gasteiger partial charge in [0.2, 0.25) is 0 Å². The van der Waals surface area contributed by atoms with E-state index in [0.29, 0.717) is 0 Å². The van der Waals surface area contributed by atoms with Gasteiger partial charge in [-0.2, -0.15) is 0 Å². The molecule has 0 saturated heterocycles. The molecular formula is C17H30N4. The first kappa shape index (κ1) is 19.2. The summed E-state index contributed by atoms with van der Waals surface area (Å²) in [7, 11) is 3.84. The van der Waals surface area contributed by atoms with Gasteiger partial charge in [-0.05, 0) is 24.5 Å². The van der Waals surface area contributed by atoms with Crippen LogP contribution in [0.1, 0.15) is 45.4 Å². The molecule has 1 aromatic rings. The summed E-state index contributed by atoms with van der Waals surface area (Å²) in [5, 5.41) is 0. The number of fused-ring (bicyclic) bond motifs is 1. The van der Waals surface area contributed by atoms with Crippen LogP contribution in [-0.4, -0.2) is 31.8 Å². The van der Waals surface area contributed by atoms with E-state index in [4.69, 9.17) is 5.73 Å². The van der Waals surface area contributed by atoms with Crippen LogP contribution < -0.4 is 10.6 Å². The monoisotopic (exact) mass is 290 g/mol. The zero-order chi connectivity index (χ0) is 16.3. The third-order valence-corrected chi connectivity index (χ3v) is 3.06. The van der Waals surface area contributed by atoms with Crippen LogP contribution >= 0.6 is 0 Å². The molecule has 0 fully saturated rings. The number of rotatable bonds is 2. The number of allylic oxidation sites excluding steroid dienone is 1. The predicted octanol–water partition coefficient (Wildman–Crippen LogP) is 3.52. The Bertz CT molecular complexity index is 464. The van der Waals surface area contributed by atoms with E-state index in [9.17, 15) is 0 Å². The van der Waals surface area contributed by atoms with E-state index in [1.165, 1.54) is 17.7 Å². The van der Waals surface area contributed by atoms with Crippen molar-refractivity contribution in [2.45, 2.75) is 40.5 Å². The summed E-state index contributed by atoms with van der Waals surface area (Å²) < 4.78 is 0. The van der Waals surface area contributed by atoms with E-state index in [2.05, 4.69) is 28.0 Å². The van der Waals surface area contributed by atoms with Crippen molar-refractivity contribution < 1.29 is 0 Å². The Morgan fingerprint density at radius 1 is 1.33 bits per heavy atom. The molecule has 1 aromatic heterocycles. The minimum Gasteiger partial charge on any atom is -0.404 e. The van der Waals surface area contributed by atoms with Gasteiger partial charge in [-0.1, -0.05) is 27.7 Å². The maximum atomic E-state index is 5.59. The zero-order valence-corrected chi connectivity index (χ0v) is 14.3. The molecule has 0 saturated carbocycles. The summed E-state index contributed by atoms with van der Waals surface area (Å²) in [5.41, 5.74) is 9.92. The van der Waals surface area contributed by atoms with Crippen LogP contribution in [-0.2, 0) is 6.42 Å². The van der Waals surface area contributed by atoms with Gasteiger partial charge in [-0.15, -0.1) is 0 Å². The summed E-state index contributed by atoms with van der Waals surface area (Å²) in [4.78, 5) is 10.7. The van der Waals surface area contributed by atoms with Gasteiger partial charge in [0.25, 0.3) is 0 Å². The molecule has 0 atom stereocenters. The van der Waals surface area contributed by atoms with Crippen LogP contribution in [0.25, 0.3) is 5.57 Å². The molecule has 2 rings (SSSR count). The van der Waals surface area contributed by atoms with Crippen molar-refractivity contribution in [2.75, 3.05) is 25.5 Å². The lowest BCUT2D eigenvalue weighted by Crippen LogP contribution is -2.25. The Hall–Kier alpha value is -1.84.